The van der Waals surface area contributed by atoms with Gasteiger partial charge in [-0.25, -0.2) is 0 Å². The molecule has 4 N–H and O–H groups in total. The number of amidine groups is 1. The molecule has 1 fully saturated rings. The molecule has 0 aromatic carbocycles. The van der Waals surface area contributed by atoms with E-state index >= 15 is 0 Å². The maximum atomic E-state index is 11.7. The summed E-state index contributed by atoms with van der Waals surface area (Å²) in [4.78, 5) is 17.3. The van der Waals surface area contributed by atoms with Gasteiger partial charge in [0.2, 0.25) is 11.9 Å². The van der Waals surface area contributed by atoms with Crippen LogP contribution in [0.15, 0.2) is 17.3 Å². The van der Waals surface area contributed by atoms with Crippen LogP contribution in [-0.2, 0) is 9.53 Å². The van der Waals surface area contributed by atoms with Gasteiger partial charge in [0.1, 0.15) is 24.1 Å². The molecule has 102 valence electrons. The highest BCUT2D eigenvalue weighted by molar-refractivity contribution is 6.18. The van der Waals surface area contributed by atoms with Crippen LogP contribution in [0.2, 0.25) is 0 Å². The second kappa shape index (κ2) is 4.41. The van der Waals surface area contributed by atoms with Gasteiger partial charge in [-0.1, -0.05) is 0 Å². The topological polar surface area (TPSA) is 118 Å². The normalized spacial score (nSPS) is 37.4. The third-order valence-corrected chi connectivity index (χ3v) is 3.43. The van der Waals surface area contributed by atoms with Gasteiger partial charge in [0.05, 0.1) is 12.7 Å². The molecule has 3 aliphatic rings. The van der Waals surface area contributed by atoms with Crippen molar-refractivity contribution in [3.63, 3.8) is 0 Å². The first-order chi connectivity index (χ1) is 9.10. The Hall–Kier alpha value is -1.77. The standard InChI is InChI=1S/C11H14N4O4/c12-11-13-9-5(10(18)14-11)1-2-15(9)8-3-6(17)7(4-16)19-8/h1-2,5-8,16-17H,3-4H2,(H2,12,14,18)/t5?,6-,7+,8+/m0/s1. The zero-order valence-electron chi connectivity index (χ0n) is 9.98. The Morgan fingerprint density at radius 2 is 2.42 bits per heavy atom. The summed E-state index contributed by atoms with van der Waals surface area (Å²) in [5.74, 6) is -0.610. The number of aliphatic hydroxyl groups excluding tert-OH is 2. The minimum Gasteiger partial charge on any atom is -0.394 e. The third kappa shape index (κ3) is 1.93. The molecule has 19 heavy (non-hydrogen) atoms. The maximum absolute atomic E-state index is 11.7. The van der Waals surface area contributed by atoms with Gasteiger partial charge in [-0.3, -0.25) is 15.5 Å². The average molecular weight is 266 g/mol. The number of rotatable bonds is 2. The van der Waals surface area contributed by atoms with Gasteiger partial charge in [-0.05, 0) is 6.08 Å². The predicted molar refractivity (Wildman–Crippen MR) is 64.1 cm³/mol. The van der Waals surface area contributed by atoms with Crippen LogP contribution in [0.1, 0.15) is 6.42 Å². The van der Waals surface area contributed by atoms with Crippen LogP contribution in [0.25, 0.3) is 0 Å². The molecule has 0 spiro atoms. The van der Waals surface area contributed by atoms with Crippen molar-refractivity contribution in [2.45, 2.75) is 24.9 Å². The zero-order chi connectivity index (χ0) is 13.6. The number of carbonyl (C=O) groups is 1. The van der Waals surface area contributed by atoms with Crippen LogP contribution < -0.4 is 5.32 Å². The fourth-order valence-electron chi connectivity index (χ4n) is 2.46. The molecule has 0 radical (unpaired) electrons. The Bertz CT molecular complexity index is 489. The van der Waals surface area contributed by atoms with Crippen LogP contribution in [0.5, 0.6) is 0 Å². The lowest BCUT2D eigenvalue weighted by Gasteiger charge is -2.28. The minimum absolute atomic E-state index is 0.206. The van der Waals surface area contributed by atoms with Crippen molar-refractivity contribution in [2.24, 2.45) is 10.9 Å². The van der Waals surface area contributed by atoms with Crippen LogP contribution in [0.4, 0.5) is 0 Å². The van der Waals surface area contributed by atoms with Crippen molar-refractivity contribution in [1.29, 1.82) is 5.41 Å². The lowest BCUT2D eigenvalue weighted by molar-refractivity contribution is -0.120. The summed E-state index contributed by atoms with van der Waals surface area (Å²) in [6.45, 7) is -0.262. The molecule has 1 saturated heterocycles. The van der Waals surface area contributed by atoms with E-state index in [1.165, 1.54) is 0 Å². The van der Waals surface area contributed by atoms with Gasteiger partial charge in [-0.15, -0.1) is 0 Å². The molecule has 0 aliphatic carbocycles. The number of hydrogen-bond acceptors (Lipinski definition) is 6. The lowest BCUT2D eigenvalue weighted by atomic mass is 10.1. The Morgan fingerprint density at radius 3 is 3.11 bits per heavy atom. The smallest absolute Gasteiger partial charge is 0.241 e. The summed E-state index contributed by atoms with van der Waals surface area (Å²) < 4.78 is 5.52. The van der Waals surface area contributed by atoms with Gasteiger partial charge in [0, 0.05) is 12.6 Å². The number of guanidine groups is 1. The van der Waals surface area contributed by atoms with E-state index in [2.05, 4.69) is 10.3 Å². The maximum Gasteiger partial charge on any atom is 0.241 e. The number of carbonyl (C=O) groups excluding carboxylic acids is 1. The van der Waals surface area contributed by atoms with E-state index in [4.69, 9.17) is 15.3 Å². The summed E-state index contributed by atoms with van der Waals surface area (Å²) in [5.41, 5.74) is 0. The fraction of sp³-hybridized carbons (Fsp3) is 0.545. The number of amides is 1. The molecule has 1 amide bonds. The molecule has 0 bridgehead atoms. The van der Waals surface area contributed by atoms with E-state index < -0.39 is 24.4 Å². The van der Waals surface area contributed by atoms with Crippen LogP contribution >= 0.6 is 0 Å². The highest BCUT2D eigenvalue weighted by Crippen LogP contribution is 2.29. The molecule has 1 unspecified atom stereocenters. The number of nitrogens with one attached hydrogen (secondary N) is 2. The second-order valence-corrected chi connectivity index (χ2v) is 4.65. The summed E-state index contributed by atoms with van der Waals surface area (Å²) in [6.07, 6.45) is 1.79. The van der Waals surface area contributed by atoms with Crippen molar-refractivity contribution in [3.8, 4) is 0 Å². The Morgan fingerprint density at radius 1 is 1.63 bits per heavy atom. The minimum atomic E-state index is -0.750. The monoisotopic (exact) mass is 266 g/mol. The molecule has 0 aromatic heterocycles. The summed E-state index contributed by atoms with van der Waals surface area (Å²) >= 11 is 0. The first-order valence-electron chi connectivity index (χ1n) is 5.99. The Labute approximate surface area is 108 Å². The SMILES string of the molecule is N=C1N=C2C(C=CN2[C@H]2C[C@H](O)[C@@H](CO)O2)C(=O)N1. The van der Waals surface area contributed by atoms with Gasteiger partial charge in [-0.2, -0.15) is 4.99 Å². The predicted octanol–water partition coefficient (Wildman–Crippen LogP) is -1.64. The van der Waals surface area contributed by atoms with Crippen LogP contribution in [0, 0.1) is 11.3 Å². The quantitative estimate of drug-likeness (QED) is 0.478. The van der Waals surface area contributed by atoms with Gasteiger partial charge >= 0.3 is 0 Å². The van der Waals surface area contributed by atoms with E-state index in [9.17, 15) is 9.90 Å². The number of nitrogens with zero attached hydrogens (tertiary/aromatic N) is 2. The first kappa shape index (κ1) is 12.3. The van der Waals surface area contributed by atoms with E-state index in [1.54, 1.807) is 17.2 Å². The van der Waals surface area contributed by atoms with E-state index in [1.807, 2.05) is 0 Å². The number of aliphatic imine (C=N–C) groups is 1. The molecular formula is C11H14N4O4. The van der Waals surface area contributed by atoms with Gasteiger partial charge in [0.25, 0.3) is 0 Å². The summed E-state index contributed by atoms with van der Waals surface area (Å²) in [5, 5.41) is 28.6. The number of fused-ring (bicyclic) bond motifs is 1. The zero-order valence-corrected chi connectivity index (χ0v) is 9.98. The lowest BCUT2D eigenvalue weighted by Crippen LogP contribution is -2.47. The highest BCUT2D eigenvalue weighted by atomic mass is 16.5. The Kier molecular flexibility index (Phi) is 2.85. The van der Waals surface area contributed by atoms with Crippen molar-refractivity contribution < 1.29 is 19.7 Å². The Balaban J connectivity index is 1.82. The van der Waals surface area contributed by atoms with E-state index in [-0.39, 0.29) is 18.5 Å². The van der Waals surface area contributed by atoms with Gasteiger partial charge in [0.15, 0.2) is 0 Å². The highest BCUT2D eigenvalue weighted by Gasteiger charge is 2.43. The molecule has 4 atom stereocenters. The summed E-state index contributed by atoms with van der Waals surface area (Å²) in [6, 6.07) is 0. The molecule has 3 aliphatic heterocycles. The third-order valence-electron chi connectivity index (χ3n) is 3.43. The van der Waals surface area contributed by atoms with Crippen LogP contribution in [0.3, 0.4) is 0 Å². The molecule has 3 heterocycles. The number of aliphatic hydroxyl groups is 2. The molecule has 3 rings (SSSR count). The van der Waals surface area contributed by atoms with Crippen LogP contribution in [-0.4, -0.2) is 57.9 Å². The van der Waals surface area contributed by atoms with Crippen molar-refractivity contribution in [2.75, 3.05) is 6.61 Å². The average Bonchev–Trinajstić information content (AvgIpc) is 2.92. The molecule has 8 nitrogen and oxygen atoms in total. The van der Waals surface area contributed by atoms with E-state index in [0.29, 0.717) is 12.3 Å². The summed E-state index contributed by atoms with van der Waals surface area (Å²) in [7, 11) is 0. The van der Waals surface area contributed by atoms with Crippen molar-refractivity contribution >= 4 is 17.7 Å². The molecule has 8 heteroatoms. The number of ether oxygens (including phenoxy) is 1. The number of hydrogen-bond donors (Lipinski definition) is 4. The molecular weight excluding hydrogens is 252 g/mol. The second-order valence-electron chi connectivity index (χ2n) is 4.65. The van der Waals surface area contributed by atoms with Gasteiger partial charge < -0.3 is 19.8 Å². The first-order valence-corrected chi connectivity index (χ1v) is 5.99. The molecule has 0 saturated carbocycles. The van der Waals surface area contributed by atoms with Crippen molar-refractivity contribution in [1.82, 2.24) is 10.2 Å². The molecule has 0 aromatic rings. The largest absolute Gasteiger partial charge is 0.394 e. The fourth-order valence-corrected chi connectivity index (χ4v) is 2.46. The van der Waals surface area contributed by atoms with E-state index in [0.717, 1.165) is 0 Å². The van der Waals surface area contributed by atoms with Crippen molar-refractivity contribution in [3.05, 3.63) is 12.3 Å².